The molecule has 2 aliphatic rings. The van der Waals surface area contributed by atoms with Gasteiger partial charge in [0.1, 0.15) is 5.75 Å². The van der Waals surface area contributed by atoms with Crippen molar-refractivity contribution in [2.45, 2.75) is 45.4 Å². The number of thiophene rings is 1. The third kappa shape index (κ3) is 5.64. The molecular weight excluding hydrogens is 436 g/mol. The third-order valence-electron chi connectivity index (χ3n) is 6.91. The van der Waals surface area contributed by atoms with Crippen LogP contribution in [0.5, 0.6) is 5.75 Å². The number of carbonyl (C=O) groups is 3. The highest BCUT2D eigenvalue weighted by Gasteiger charge is 2.42. The Morgan fingerprint density at radius 2 is 1.67 bits per heavy atom. The van der Waals surface area contributed by atoms with Crippen molar-refractivity contribution in [2.75, 3.05) is 32.8 Å². The van der Waals surface area contributed by atoms with Crippen molar-refractivity contribution in [3.63, 3.8) is 0 Å². The summed E-state index contributed by atoms with van der Waals surface area (Å²) >= 11 is 1.45. The molecule has 1 aromatic carbocycles. The summed E-state index contributed by atoms with van der Waals surface area (Å²) in [5.41, 5.74) is 0.813. The van der Waals surface area contributed by atoms with E-state index in [0.29, 0.717) is 31.4 Å². The van der Waals surface area contributed by atoms with E-state index >= 15 is 0 Å². The number of hydrogen-bond acceptors (Lipinski definition) is 5. The molecule has 0 saturated carbocycles. The van der Waals surface area contributed by atoms with Gasteiger partial charge in [-0.2, -0.15) is 0 Å². The van der Waals surface area contributed by atoms with Crippen molar-refractivity contribution in [1.29, 1.82) is 0 Å². The lowest BCUT2D eigenvalue weighted by atomic mass is 9.77. The Bertz CT molecular complexity index is 963. The summed E-state index contributed by atoms with van der Waals surface area (Å²) < 4.78 is 5.46. The van der Waals surface area contributed by atoms with Crippen LogP contribution in [-0.2, 0) is 4.79 Å². The fourth-order valence-corrected chi connectivity index (χ4v) is 5.60. The van der Waals surface area contributed by atoms with Crippen molar-refractivity contribution < 1.29 is 19.1 Å². The van der Waals surface area contributed by atoms with Gasteiger partial charge in [0.15, 0.2) is 5.78 Å². The summed E-state index contributed by atoms with van der Waals surface area (Å²) in [5.74, 6) is 1.12. The van der Waals surface area contributed by atoms with Gasteiger partial charge in [-0.15, -0.1) is 11.3 Å². The molecule has 2 aliphatic heterocycles. The molecule has 6 nitrogen and oxygen atoms in total. The second-order valence-electron chi connectivity index (χ2n) is 9.07. The Balaban J connectivity index is 1.22. The van der Waals surface area contributed by atoms with E-state index in [0.717, 1.165) is 56.1 Å². The van der Waals surface area contributed by atoms with Crippen molar-refractivity contribution in [3.05, 3.63) is 52.2 Å². The van der Waals surface area contributed by atoms with Gasteiger partial charge in [0.2, 0.25) is 5.91 Å². The van der Waals surface area contributed by atoms with Gasteiger partial charge < -0.3 is 14.5 Å². The molecule has 0 bridgehead atoms. The van der Waals surface area contributed by atoms with Gasteiger partial charge in [-0.25, -0.2) is 0 Å². The number of carbonyl (C=O) groups excluding carboxylic acids is 3. The molecular formula is C26H32N2O4S. The average Bonchev–Trinajstić information content (AvgIpc) is 3.51. The molecule has 7 heteroatoms. The molecule has 0 radical (unpaired) electrons. The fraction of sp³-hybridized carbons (Fsp3) is 0.500. The van der Waals surface area contributed by atoms with E-state index in [9.17, 15) is 14.4 Å². The Kier molecular flexibility index (Phi) is 7.48. The number of hydrogen-bond donors (Lipinski definition) is 0. The Hall–Kier alpha value is -2.67. The number of amides is 2. The van der Waals surface area contributed by atoms with Gasteiger partial charge in [0, 0.05) is 44.6 Å². The van der Waals surface area contributed by atoms with Crippen molar-refractivity contribution in [1.82, 2.24) is 9.80 Å². The number of benzene rings is 1. The number of nitrogens with zero attached hydrogens (tertiary/aromatic N) is 2. The summed E-state index contributed by atoms with van der Waals surface area (Å²) in [6, 6.07) is 11.1. The molecule has 0 atom stereocenters. The van der Waals surface area contributed by atoms with Crippen LogP contribution < -0.4 is 4.74 Å². The zero-order valence-corrected chi connectivity index (χ0v) is 20.1. The van der Waals surface area contributed by atoms with E-state index in [-0.39, 0.29) is 23.0 Å². The van der Waals surface area contributed by atoms with Gasteiger partial charge in [0.05, 0.1) is 11.5 Å². The number of piperidine rings is 1. The topological polar surface area (TPSA) is 66.9 Å². The Morgan fingerprint density at radius 3 is 2.30 bits per heavy atom. The SMILES string of the molecule is CCOc1ccc(C(=O)N2CCC3(CCN(C(=O)CCCC(=O)c4cccs4)C3)CC2)cc1. The maximum absolute atomic E-state index is 12.9. The van der Waals surface area contributed by atoms with Gasteiger partial charge in [-0.1, -0.05) is 6.07 Å². The van der Waals surface area contributed by atoms with E-state index in [2.05, 4.69) is 0 Å². The van der Waals surface area contributed by atoms with Crippen LogP contribution in [0, 0.1) is 5.41 Å². The molecule has 1 spiro atoms. The molecule has 1 aromatic heterocycles. The van der Waals surface area contributed by atoms with Crippen LogP contribution in [0.2, 0.25) is 0 Å². The monoisotopic (exact) mass is 468 g/mol. The predicted octanol–water partition coefficient (Wildman–Crippen LogP) is 4.65. The largest absolute Gasteiger partial charge is 0.494 e. The Labute approximate surface area is 199 Å². The quantitative estimate of drug-likeness (QED) is 0.529. The minimum Gasteiger partial charge on any atom is -0.494 e. The van der Waals surface area contributed by atoms with E-state index in [1.54, 1.807) is 0 Å². The standard InChI is InChI=1S/C26H32N2O4S/c1-2-32-21-10-8-20(9-11-21)25(31)27-15-12-26(13-16-27)14-17-28(19-26)24(30)7-3-5-22(29)23-6-4-18-33-23/h4,6,8-11,18H,2-3,5,7,12-17,19H2,1H3. The molecule has 0 aliphatic carbocycles. The van der Waals surface area contributed by atoms with Crippen LogP contribution in [-0.4, -0.2) is 60.2 Å². The smallest absolute Gasteiger partial charge is 0.253 e. The maximum atomic E-state index is 12.9. The summed E-state index contributed by atoms with van der Waals surface area (Å²) in [6.07, 6.45) is 4.30. The summed E-state index contributed by atoms with van der Waals surface area (Å²) in [6.45, 7) is 5.55. The highest BCUT2D eigenvalue weighted by atomic mass is 32.1. The number of likely N-dealkylation sites (tertiary alicyclic amines) is 2. The first-order valence-electron chi connectivity index (χ1n) is 11.9. The molecule has 4 rings (SSSR count). The number of Topliss-reactive ketones (excluding diaryl/α,β-unsaturated/α-hetero) is 1. The first-order valence-corrected chi connectivity index (χ1v) is 12.7. The first kappa shape index (κ1) is 23.5. The minimum atomic E-state index is 0.0641. The number of ketones is 1. The lowest BCUT2D eigenvalue weighted by Crippen LogP contribution is -2.44. The Morgan fingerprint density at radius 1 is 0.970 bits per heavy atom. The molecule has 2 saturated heterocycles. The maximum Gasteiger partial charge on any atom is 0.253 e. The summed E-state index contributed by atoms with van der Waals surface area (Å²) in [5, 5.41) is 1.90. The molecule has 2 fully saturated rings. The van der Waals surface area contributed by atoms with Crippen molar-refractivity contribution in [3.8, 4) is 5.75 Å². The summed E-state index contributed by atoms with van der Waals surface area (Å²) in [4.78, 5) is 42.4. The highest BCUT2D eigenvalue weighted by molar-refractivity contribution is 7.12. The minimum absolute atomic E-state index is 0.0641. The second kappa shape index (κ2) is 10.5. The van der Waals surface area contributed by atoms with Crippen LogP contribution in [0.3, 0.4) is 0 Å². The van der Waals surface area contributed by atoms with E-state index in [1.807, 2.05) is 58.5 Å². The van der Waals surface area contributed by atoms with Gasteiger partial charge in [-0.3, -0.25) is 14.4 Å². The first-order chi connectivity index (χ1) is 16.0. The van der Waals surface area contributed by atoms with Crippen molar-refractivity contribution in [2.24, 2.45) is 5.41 Å². The number of ether oxygens (including phenoxy) is 1. The average molecular weight is 469 g/mol. The van der Waals surface area contributed by atoms with Crippen LogP contribution in [0.15, 0.2) is 41.8 Å². The molecule has 0 unspecified atom stereocenters. The fourth-order valence-electron chi connectivity index (χ4n) is 4.90. The van der Waals surface area contributed by atoms with Gasteiger partial charge >= 0.3 is 0 Å². The second-order valence-corrected chi connectivity index (χ2v) is 10.0. The molecule has 2 aromatic rings. The normalized spacial score (nSPS) is 17.4. The van der Waals surface area contributed by atoms with Crippen LogP contribution in [0.1, 0.15) is 65.5 Å². The molecule has 176 valence electrons. The van der Waals surface area contributed by atoms with E-state index in [1.165, 1.54) is 11.3 Å². The van der Waals surface area contributed by atoms with Crippen LogP contribution in [0.4, 0.5) is 0 Å². The van der Waals surface area contributed by atoms with Crippen LogP contribution >= 0.6 is 11.3 Å². The third-order valence-corrected chi connectivity index (χ3v) is 7.82. The zero-order valence-electron chi connectivity index (χ0n) is 19.3. The summed E-state index contributed by atoms with van der Waals surface area (Å²) in [7, 11) is 0. The molecule has 33 heavy (non-hydrogen) atoms. The lowest BCUT2D eigenvalue weighted by molar-refractivity contribution is -0.130. The lowest BCUT2D eigenvalue weighted by Gasteiger charge is -2.39. The van der Waals surface area contributed by atoms with E-state index < -0.39 is 0 Å². The van der Waals surface area contributed by atoms with E-state index in [4.69, 9.17) is 4.74 Å². The predicted molar refractivity (Wildman–Crippen MR) is 129 cm³/mol. The van der Waals surface area contributed by atoms with Gasteiger partial charge in [0.25, 0.3) is 5.91 Å². The van der Waals surface area contributed by atoms with Gasteiger partial charge in [-0.05, 0) is 73.7 Å². The molecule has 2 amide bonds. The highest BCUT2D eigenvalue weighted by Crippen LogP contribution is 2.41. The molecule has 3 heterocycles. The van der Waals surface area contributed by atoms with Crippen LogP contribution in [0.25, 0.3) is 0 Å². The molecule has 0 N–H and O–H groups in total. The number of rotatable bonds is 8. The zero-order chi connectivity index (χ0) is 23.3. The van der Waals surface area contributed by atoms with Crippen molar-refractivity contribution >= 4 is 28.9 Å².